The molecule has 1 aliphatic carbocycles. The van der Waals surface area contributed by atoms with Crippen molar-refractivity contribution in [3.05, 3.63) is 30.2 Å². The van der Waals surface area contributed by atoms with E-state index in [1.54, 1.807) is 7.11 Å². The van der Waals surface area contributed by atoms with E-state index in [-0.39, 0.29) is 0 Å². The Morgan fingerprint density at radius 3 is 2.88 bits per heavy atom. The number of methoxy groups -OCH3 is 1. The van der Waals surface area contributed by atoms with Crippen molar-refractivity contribution in [3.63, 3.8) is 0 Å². The van der Waals surface area contributed by atoms with Crippen LogP contribution in [-0.2, 0) is 11.3 Å². The molecule has 128 valence electrons. The van der Waals surface area contributed by atoms with Gasteiger partial charge < -0.3 is 14.0 Å². The second-order valence-corrected chi connectivity index (χ2v) is 6.60. The summed E-state index contributed by atoms with van der Waals surface area (Å²) in [7, 11) is 1.65. The summed E-state index contributed by atoms with van der Waals surface area (Å²) in [6.07, 6.45) is 3.68. The molecule has 1 atom stereocenters. The van der Waals surface area contributed by atoms with Gasteiger partial charge in [0.15, 0.2) is 0 Å². The van der Waals surface area contributed by atoms with Crippen LogP contribution < -0.4 is 4.74 Å². The van der Waals surface area contributed by atoms with Gasteiger partial charge in [0.05, 0.1) is 25.8 Å². The van der Waals surface area contributed by atoms with Crippen LogP contribution in [0.15, 0.2) is 28.8 Å². The van der Waals surface area contributed by atoms with Crippen molar-refractivity contribution in [2.45, 2.75) is 31.8 Å². The number of hydrogen-bond acceptors (Lipinski definition) is 6. The Bertz CT molecular complexity index is 678. The van der Waals surface area contributed by atoms with Crippen LogP contribution in [0.5, 0.6) is 5.75 Å². The fraction of sp³-hybridized carbons (Fsp3) is 0.556. The molecule has 1 aliphatic heterocycles. The standard InChI is InChI=1S/C18H23N3O3/c1-22-16-5-3-2-4-15(16)18-19-17(24-20-18)11-21(14-6-7-14)10-13-8-9-23-12-13/h2-5,13-14H,6-12H2,1H3/t13-/m0/s1. The van der Waals surface area contributed by atoms with Crippen molar-refractivity contribution in [2.75, 3.05) is 26.9 Å². The van der Waals surface area contributed by atoms with E-state index in [9.17, 15) is 0 Å². The molecule has 0 unspecified atom stereocenters. The van der Waals surface area contributed by atoms with Crippen molar-refractivity contribution in [1.29, 1.82) is 0 Å². The molecule has 4 rings (SSSR count). The Balaban J connectivity index is 1.47. The van der Waals surface area contributed by atoms with E-state index in [0.29, 0.717) is 30.2 Å². The SMILES string of the molecule is COc1ccccc1-c1noc(CN(C[C@@H]2CCOC2)C2CC2)n1. The molecule has 24 heavy (non-hydrogen) atoms. The highest BCUT2D eigenvalue weighted by molar-refractivity contribution is 5.63. The third kappa shape index (κ3) is 3.44. The van der Waals surface area contributed by atoms with Crippen LogP contribution in [-0.4, -0.2) is 48.0 Å². The third-order valence-electron chi connectivity index (χ3n) is 4.73. The number of para-hydroxylation sites is 1. The lowest BCUT2D eigenvalue weighted by Gasteiger charge is -2.22. The van der Waals surface area contributed by atoms with Crippen molar-refractivity contribution in [1.82, 2.24) is 15.0 Å². The van der Waals surface area contributed by atoms with Crippen LogP contribution in [0.4, 0.5) is 0 Å². The van der Waals surface area contributed by atoms with Crippen LogP contribution in [0.1, 0.15) is 25.2 Å². The Hall–Kier alpha value is -1.92. The molecule has 2 aromatic rings. The minimum Gasteiger partial charge on any atom is -0.496 e. The van der Waals surface area contributed by atoms with E-state index in [1.165, 1.54) is 12.8 Å². The van der Waals surface area contributed by atoms with Crippen LogP contribution in [0.2, 0.25) is 0 Å². The summed E-state index contributed by atoms with van der Waals surface area (Å²) in [5, 5.41) is 4.14. The molecule has 2 heterocycles. The minimum atomic E-state index is 0.586. The normalized spacial score (nSPS) is 20.7. The average Bonchev–Trinajstić information content (AvgIpc) is 3.14. The fourth-order valence-corrected chi connectivity index (χ4v) is 3.27. The summed E-state index contributed by atoms with van der Waals surface area (Å²) < 4.78 is 16.4. The molecule has 1 aromatic heterocycles. The largest absolute Gasteiger partial charge is 0.496 e. The van der Waals surface area contributed by atoms with E-state index >= 15 is 0 Å². The molecular weight excluding hydrogens is 306 g/mol. The maximum absolute atomic E-state index is 5.50. The molecule has 0 radical (unpaired) electrons. The smallest absolute Gasteiger partial charge is 0.241 e. The van der Waals surface area contributed by atoms with E-state index < -0.39 is 0 Å². The number of rotatable bonds is 7. The highest BCUT2D eigenvalue weighted by atomic mass is 16.5. The fourth-order valence-electron chi connectivity index (χ4n) is 3.27. The minimum absolute atomic E-state index is 0.586. The third-order valence-corrected chi connectivity index (χ3v) is 4.73. The Labute approximate surface area is 141 Å². The summed E-state index contributed by atoms with van der Waals surface area (Å²) in [5.41, 5.74) is 0.858. The molecule has 0 N–H and O–H groups in total. The molecule has 0 bridgehead atoms. The molecule has 0 spiro atoms. The van der Waals surface area contributed by atoms with Gasteiger partial charge >= 0.3 is 0 Å². The van der Waals surface area contributed by atoms with Crippen molar-refractivity contribution < 1.29 is 14.0 Å². The van der Waals surface area contributed by atoms with Gasteiger partial charge in [-0.3, -0.25) is 4.90 Å². The average molecular weight is 329 g/mol. The molecule has 1 saturated carbocycles. The van der Waals surface area contributed by atoms with E-state index in [0.717, 1.165) is 37.5 Å². The molecule has 2 fully saturated rings. The zero-order valence-electron chi connectivity index (χ0n) is 14.0. The molecule has 1 aromatic carbocycles. The highest BCUT2D eigenvalue weighted by Gasteiger charge is 2.32. The monoisotopic (exact) mass is 329 g/mol. The van der Waals surface area contributed by atoms with Crippen molar-refractivity contribution >= 4 is 0 Å². The Kier molecular flexibility index (Phi) is 4.49. The maximum atomic E-state index is 5.50. The second-order valence-electron chi connectivity index (χ2n) is 6.60. The lowest BCUT2D eigenvalue weighted by Crippen LogP contribution is -2.31. The first-order valence-corrected chi connectivity index (χ1v) is 8.61. The van der Waals surface area contributed by atoms with Crippen LogP contribution in [0.25, 0.3) is 11.4 Å². The van der Waals surface area contributed by atoms with Crippen molar-refractivity contribution in [3.8, 4) is 17.1 Å². The first-order valence-electron chi connectivity index (χ1n) is 8.61. The van der Waals surface area contributed by atoms with Gasteiger partial charge in [-0.1, -0.05) is 17.3 Å². The summed E-state index contributed by atoms with van der Waals surface area (Å²) in [6.45, 7) is 3.53. The van der Waals surface area contributed by atoms with Crippen molar-refractivity contribution in [2.24, 2.45) is 5.92 Å². The molecule has 0 amide bonds. The quantitative estimate of drug-likeness (QED) is 0.778. The van der Waals surface area contributed by atoms with Gasteiger partial charge in [-0.25, -0.2) is 0 Å². The molecule has 6 nitrogen and oxygen atoms in total. The summed E-state index contributed by atoms with van der Waals surface area (Å²) in [4.78, 5) is 7.05. The van der Waals surface area contributed by atoms with Gasteiger partial charge in [-0.05, 0) is 37.3 Å². The number of nitrogens with zero attached hydrogens (tertiary/aromatic N) is 3. The summed E-state index contributed by atoms with van der Waals surface area (Å²) in [6, 6.07) is 8.39. The van der Waals surface area contributed by atoms with Crippen LogP contribution in [0.3, 0.4) is 0 Å². The molecule has 6 heteroatoms. The number of aromatic nitrogens is 2. The van der Waals surface area contributed by atoms with Gasteiger partial charge in [-0.2, -0.15) is 4.98 Å². The van der Waals surface area contributed by atoms with Gasteiger partial charge in [0.25, 0.3) is 0 Å². The zero-order chi connectivity index (χ0) is 16.4. The van der Waals surface area contributed by atoms with Gasteiger partial charge in [0, 0.05) is 19.2 Å². The summed E-state index contributed by atoms with van der Waals surface area (Å²) in [5.74, 6) is 2.64. The van der Waals surface area contributed by atoms with Crippen LogP contribution >= 0.6 is 0 Å². The lowest BCUT2D eigenvalue weighted by molar-refractivity contribution is 0.153. The lowest BCUT2D eigenvalue weighted by atomic mass is 10.1. The Morgan fingerprint density at radius 2 is 2.12 bits per heavy atom. The van der Waals surface area contributed by atoms with Gasteiger partial charge in [-0.15, -0.1) is 0 Å². The first kappa shape index (κ1) is 15.6. The molecule has 1 saturated heterocycles. The number of hydrogen-bond donors (Lipinski definition) is 0. The second kappa shape index (κ2) is 6.91. The van der Waals surface area contributed by atoms with E-state index in [1.807, 2.05) is 24.3 Å². The van der Waals surface area contributed by atoms with Gasteiger partial charge in [0.2, 0.25) is 11.7 Å². The number of benzene rings is 1. The molecule has 2 aliphatic rings. The topological polar surface area (TPSA) is 60.6 Å². The predicted molar refractivity (Wildman–Crippen MR) is 88.6 cm³/mol. The predicted octanol–water partition coefficient (Wildman–Crippen LogP) is 2.75. The highest BCUT2D eigenvalue weighted by Crippen LogP contribution is 2.31. The van der Waals surface area contributed by atoms with E-state index in [4.69, 9.17) is 14.0 Å². The van der Waals surface area contributed by atoms with Crippen LogP contribution in [0, 0.1) is 5.92 Å². The first-order chi connectivity index (χ1) is 11.8. The van der Waals surface area contributed by atoms with E-state index in [2.05, 4.69) is 15.0 Å². The summed E-state index contributed by atoms with van der Waals surface area (Å²) >= 11 is 0. The van der Waals surface area contributed by atoms with Gasteiger partial charge in [0.1, 0.15) is 5.75 Å². The zero-order valence-corrected chi connectivity index (χ0v) is 14.0. The maximum Gasteiger partial charge on any atom is 0.241 e. The number of ether oxygens (including phenoxy) is 2. The Morgan fingerprint density at radius 1 is 1.25 bits per heavy atom. The molecular formula is C18H23N3O3.